The SMILES string of the molecule is CC(C)N(C(=O)CO[C]=O)c1ccc(F)cc1. The number of hydrogen-bond acceptors (Lipinski definition) is 3. The lowest BCUT2D eigenvalue weighted by Crippen LogP contribution is -2.39. The van der Waals surface area contributed by atoms with E-state index < -0.39 is 0 Å². The Morgan fingerprint density at radius 1 is 1.41 bits per heavy atom. The summed E-state index contributed by atoms with van der Waals surface area (Å²) in [4.78, 5) is 23.1. The highest BCUT2D eigenvalue weighted by atomic mass is 19.1. The number of nitrogens with zero attached hydrogens (tertiary/aromatic N) is 1. The predicted molar refractivity (Wildman–Crippen MR) is 60.7 cm³/mol. The Morgan fingerprint density at radius 2 is 2.00 bits per heavy atom. The van der Waals surface area contributed by atoms with Crippen LogP contribution in [0.3, 0.4) is 0 Å². The molecule has 4 nitrogen and oxygen atoms in total. The van der Waals surface area contributed by atoms with Gasteiger partial charge in [0.25, 0.3) is 5.91 Å². The molecule has 0 N–H and O–H groups in total. The fourth-order valence-corrected chi connectivity index (χ4v) is 1.49. The molecule has 1 rings (SSSR count). The van der Waals surface area contributed by atoms with E-state index in [0.717, 1.165) is 0 Å². The number of carbonyl (C=O) groups excluding carboxylic acids is 2. The Kier molecular flexibility index (Phi) is 4.63. The first-order chi connectivity index (χ1) is 8.06. The summed E-state index contributed by atoms with van der Waals surface area (Å²) in [5.41, 5.74) is 0.556. The van der Waals surface area contributed by atoms with Gasteiger partial charge in [0.15, 0.2) is 6.61 Å². The van der Waals surface area contributed by atoms with Crippen molar-refractivity contribution in [1.29, 1.82) is 0 Å². The van der Waals surface area contributed by atoms with Crippen molar-refractivity contribution in [3.8, 4) is 0 Å². The van der Waals surface area contributed by atoms with Crippen LogP contribution in [0.2, 0.25) is 0 Å². The van der Waals surface area contributed by atoms with Crippen LogP contribution in [0, 0.1) is 5.82 Å². The predicted octanol–water partition coefficient (Wildman–Crippen LogP) is 1.65. The summed E-state index contributed by atoms with van der Waals surface area (Å²) >= 11 is 0. The van der Waals surface area contributed by atoms with Crippen LogP contribution in [0.4, 0.5) is 10.1 Å². The molecule has 0 bridgehead atoms. The van der Waals surface area contributed by atoms with Gasteiger partial charge in [-0.05, 0) is 38.1 Å². The minimum Gasteiger partial charge on any atom is -0.447 e. The second-order valence-electron chi connectivity index (χ2n) is 3.71. The van der Waals surface area contributed by atoms with Gasteiger partial charge >= 0.3 is 6.47 Å². The third kappa shape index (κ3) is 3.55. The van der Waals surface area contributed by atoms with Crippen molar-refractivity contribution >= 4 is 18.1 Å². The zero-order valence-corrected chi connectivity index (χ0v) is 9.64. The summed E-state index contributed by atoms with van der Waals surface area (Å²) in [5.74, 6) is -0.752. The summed E-state index contributed by atoms with van der Waals surface area (Å²) < 4.78 is 17.1. The van der Waals surface area contributed by atoms with Crippen molar-refractivity contribution in [1.82, 2.24) is 0 Å². The van der Waals surface area contributed by atoms with Crippen molar-refractivity contribution in [3.05, 3.63) is 30.1 Å². The fourth-order valence-electron chi connectivity index (χ4n) is 1.49. The fraction of sp³-hybridized carbons (Fsp3) is 0.333. The monoisotopic (exact) mass is 238 g/mol. The molecule has 1 aromatic rings. The van der Waals surface area contributed by atoms with E-state index in [-0.39, 0.29) is 24.4 Å². The molecule has 1 amide bonds. The molecule has 0 unspecified atom stereocenters. The van der Waals surface area contributed by atoms with Crippen LogP contribution in [0.25, 0.3) is 0 Å². The zero-order chi connectivity index (χ0) is 12.8. The number of anilines is 1. The third-order valence-corrected chi connectivity index (χ3v) is 2.14. The van der Waals surface area contributed by atoms with E-state index in [1.54, 1.807) is 0 Å². The lowest BCUT2D eigenvalue weighted by atomic mass is 10.2. The summed E-state index contributed by atoms with van der Waals surface area (Å²) in [6.45, 7) is 4.44. The highest BCUT2D eigenvalue weighted by molar-refractivity contribution is 5.95. The second-order valence-corrected chi connectivity index (χ2v) is 3.71. The first-order valence-electron chi connectivity index (χ1n) is 5.13. The van der Waals surface area contributed by atoms with E-state index in [1.807, 2.05) is 13.8 Å². The third-order valence-electron chi connectivity index (χ3n) is 2.14. The van der Waals surface area contributed by atoms with Gasteiger partial charge in [0.2, 0.25) is 0 Å². The standard InChI is InChI=1S/C12H13FNO3/c1-9(2)14(12(16)7-17-8-15)11-5-3-10(13)4-6-11/h3-6,9H,7H2,1-2H3. The summed E-state index contributed by atoms with van der Waals surface area (Å²) in [6, 6.07) is 5.41. The van der Waals surface area contributed by atoms with Crippen LogP contribution >= 0.6 is 0 Å². The number of benzene rings is 1. The largest absolute Gasteiger partial charge is 0.447 e. The topological polar surface area (TPSA) is 46.6 Å². The Labute approximate surface area is 99.0 Å². The molecule has 0 fully saturated rings. The molecule has 17 heavy (non-hydrogen) atoms. The Balaban J connectivity index is 2.89. The molecule has 0 aliphatic carbocycles. The van der Waals surface area contributed by atoms with Gasteiger partial charge in [-0.15, -0.1) is 0 Å². The molecule has 1 aromatic carbocycles. The van der Waals surface area contributed by atoms with Crippen LogP contribution in [-0.2, 0) is 14.3 Å². The molecule has 0 heterocycles. The summed E-state index contributed by atoms with van der Waals surface area (Å²) in [6.07, 6.45) is 0. The Bertz CT molecular complexity index is 389. The number of carbonyl (C=O) groups is 1. The Morgan fingerprint density at radius 3 is 2.47 bits per heavy atom. The van der Waals surface area contributed by atoms with E-state index in [4.69, 9.17) is 0 Å². The molecule has 5 heteroatoms. The molecule has 0 atom stereocenters. The minimum absolute atomic E-state index is 0.122. The van der Waals surface area contributed by atoms with Gasteiger partial charge in [-0.1, -0.05) is 0 Å². The van der Waals surface area contributed by atoms with Gasteiger partial charge in [0, 0.05) is 11.7 Å². The maximum absolute atomic E-state index is 12.8. The van der Waals surface area contributed by atoms with E-state index in [2.05, 4.69) is 4.74 Å². The van der Waals surface area contributed by atoms with Gasteiger partial charge in [0.1, 0.15) is 5.82 Å². The first kappa shape index (κ1) is 13.2. The number of amides is 1. The van der Waals surface area contributed by atoms with E-state index in [9.17, 15) is 14.0 Å². The van der Waals surface area contributed by atoms with Crippen LogP contribution < -0.4 is 4.90 Å². The van der Waals surface area contributed by atoms with Crippen molar-refractivity contribution in [2.75, 3.05) is 11.5 Å². The van der Waals surface area contributed by atoms with Gasteiger partial charge in [-0.2, -0.15) is 0 Å². The molecule has 91 valence electrons. The summed E-state index contributed by atoms with van der Waals surface area (Å²) in [5, 5.41) is 0. The number of halogens is 1. The maximum atomic E-state index is 12.8. The number of rotatable bonds is 5. The highest BCUT2D eigenvalue weighted by Crippen LogP contribution is 2.17. The lowest BCUT2D eigenvalue weighted by molar-refractivity contribution is -0.121. The van der Waals surface area contributed by atoms with E-state index >= 15 is 0 Å². The Hall–Kier alpha value is -1.91. The van der Waals surface area contributed by atoms with Crippen LogP contribution in [0.1, 0.15) is 13.8 Å². The average molecular weight is 238 g/mol. The van der Waals surface area contributed by atoms with Crippen LogP contribution in [0.15, 0.2) is 24.3 Å². The van der Waals surface area contributed by atoms with Crippen LogP contribution in [0.5, 0.6) is 0 Å². The van der Waals surface area contributed by atoms with Crippen molar-refractivity contribution in [3.63, 3.8) is 0 Å². The lowest BCUT2D eigenvalue weighted by Gasteiger charge is -2.26. The molecular weight excluding hydrogens is 225 g/mol. The van der Waals surface area contributed by atoms with Gasteiger partial charge in [-0.3, -0.25) is 4.79 Å². The van der Waals surface area contributed by atoms with Crippen molar-refractivity contribution in [2.24, 2.45) is 0 Å². The molecule has 0 aromatic heterocycles. The minimum atomic E-state index is -0.380. The maximum Gasteiger partial charge on any atom is 0.418 e. The molecule has 0 spiro atoms. The molecule has 0 saturated heterocycles. The summed E-state index contributed by atoms with van der Waals surface area (Å²) in [7, 11) is 0. The normalized spacial score (nSPS) is 10.1. The second kappa shape index (κ2) is 5.98. The molecular formula is C12H13FNO3. The first-order valence-corrected chi connectivity index (χ1v) is 5.13. The zero-order valence-electron chi connectivity index (χ0n) is 9.64. The molecule has 1 radical (unpaired) electrons. The highest BCUT2D eigenvalue weighted by Gasteiger charge is 2.19. The molecule has 0 saturated carbocycles. The smallest absolute Gasteiger partial charge is 0.418 e. The van der Waals surface area contributed by atoms with Crippen LogP contribution in [-0.4, -0.2) is 25.0 Å². The van der Waals surface area contributed by atoms with Gasteiger partial charge < -0.3 is 9.64 Å². The average Bonchev–Trinajstić information content (AvgIpc) is 2.29. The van der Waals surface area contributed by atoms with E-state index in [1.165, 1.54) is 35.6 Å². The quantitative estimate of drug-likeness (QED) is 0.783. The van der Waals surface area contributed by atoms with Gasteiger partial charge in [0.05, 0.1) is 0 Å². The molecule has 0 aliphatic rings. The van der Waals surface area contributed by atoms with Gasteiger partial charge in [-0.25, -0.2) is 9.18 Å². The van der Waals surface area contributed by atoms with E-state index in [0.29, 0.717) is 5.69 Å². The van der Waals surface area contributed by atoms with Crippen molar-refractivity contribution < 1.29 is 18.7 Å². The molecule has 0 aliphatic heterocycles. The number of ether oxygens (including phenoxy) is 1. The number of hydrogen-bond donors (Lipinski definition) is 0. The van der Waals surface area contributed by atoms with Crippen molar-refractivity contribution in [2.45, 2.75) is 19.9 Å².